The molecule has 0 radical (unpaired) electrons. The zero-order chi connectivity index (χ0) is 32.8. The van der Waals surface area contributed by atoms with Crippen LogP contribution in [-0.2, 0) is 22.6 Å². The highest BCUT2D eigenvalue weighted by atomic mass is 16.7. The Balaban J connectivity index is 1.13. The molecule has 0 aliphatic carbocycles. The van der Waals surface area contributed by atoms with Gasteiger partial charge in [-0.15, -0.1) is 0 Å². The summed E-state index contributed by atoms with van der Waals surface area (Å²) in [7, 11) is 0. The first-order chi connectivity index (χ1) is 22.9. The number of hydrogen-bond acceptors (Lipinski definition) is 9. The molecule has 4 aromatic rings. The predicted octanol–water partition coefficient (Wildman–Crippen LogP) is 5.03. The fraction of sp³-hybridized carbons (Fsp3) is 0.333. The number of non-ortho nitro benzene ring substituents is 1. The average Bonchev–Trinajstić information content (AvgIpc) is 3.12. The summed E-state index contributed by atoms with van der Waals surface area (Å²) in [5.74, 6) is -0.123. The number of nitrogens with zero attached hydrogens (tertiary/aromatic N) is 4. The van der Waals surface area contributed by atoms with E-state index in [1.54, 1.807) is 36.7 Å². The number of carbonyl (C=O) groups is 1. The monoisotopic (exact) mass is 637 g/mol. The van der Waals surface area contributed by atoms with Crippen molar-refractivity contribution in [2.24, 2.45) is 5.92 Å². The molecule has 3 aromatic carbocycles. The number of pyridine rings is 1. The third kappa shape index (κ3) is 7.83. The first-order valence-electron chi connectivity index (χ1n) is 15.9. The van der Waals surface area contributed by atoms with Crippen LogP contribution >= 0.6 is 0 Å². The number of hydrogen-bond donors (Lipinski definition) is 2. The lowest BCUT2D eigenvalue weighted by Crippen LogP contribution is -2.51. The van der Waals surface area contributed by atoms with Crippen molar-refractivity contribution in [2.75, 3.05) is 37.6 Å². The topological polar surface area (TPSA) is 130 Å². The Morgan fingerprint density at radius 1 is 0.936 bits per heavy atom. The van der Waals surface area contributed by atoms with Crippen molar-refractivity contribution in [1.82, 2.24) is 15.2 Å². The number of aliphatic hydroxyl groups is 1. The maximum Gasteiger partial charge on any atom is 0.269 e. The Labute approximate surface area is 273 Å². The van der Waals surface area contributed by atoms with Gasteiger partial charge in [0.2, 0.25) is 0 Å². The number of amides is 1. The van der Waals surface area contributed by atoms with Crippen LogP contribution in [0.25, 0.3) is 0 Å². The summed E-state index contributed by atoms with van der Waals surface area (Å²) in [5, 5.41) is 23.6. The van der Waals surface area contributed by atoms with Gasteiger partial charge in [0.05, 0.1) is 29.3 Å². The summed E-state index contributed by atoms with van der Waals surface area (Å²) in [5.41, 5.74) is 5.31. The van der Waals surface area contributed by atoms with E-state index in [1.807, 2.05) is 60.7 Å². The van der Waals surface area contributed by atoms with Crippen molar-refractivity contribution in [3.8, 4) is 0 Å². The van der Waals surface area contributed by atoms with Crippen molar-refractivity contribution < 1.29 is 24.3 Å². The van der Waals surface area contributed by atoms with Crippen molar-refractivity contribution in [3.63, 3.8) is 0 Å². The highest BCUT2D eigenvalue weighted by Gasteiger charge is 2.39. The molecule has 47 heavy (non-hydrogen) atoms. The number of ether oxygens (including phenoxy) is 2. The summed E-state index contributed by atoms with van der Waals surface area (Å²) in [6.07, 6.45) is 2.27. The molecule has 6 rings (SSSR count). The highest BCUT2D eigenvalue weighted by molar-refractivity contribution is 5.93. The van der Waals surface area contributed by atoms with Gasteiger partial charge in [0.15, 0.2) is 6.29 Å². The molecular formula is C36H39N5O6. The molecule has 1 amide bonds. The van der Waals surface area contributed by atoms with Gasteiger partial charge < -0.3 is 24.8 Å². The molecule has 244 valence electrons. The number of benzene rings is 3. The van der Waals surface area contributed by atoms with Gasteiger partial charge >= 0.3 is 0 Å². The molecule has 2 saturated heterocycles. The van der Waals surface area contributed by atoms with Gasteiger partial charge in [-0.1, -0.05) is 55.5 Å². The van der Waals surface area contributed by atoms with E-state index in [4.69, 9.17) is 9.47 Å². The van der Waals surface area contributed by atoms with Crippen LogP contribution in [0.15, 0.2) is 97.3 Å². The molecule has 1 aromatic heterocycles. The van der Waals surface area contributed by atoms with E-state index in [0.29, 0.717) is 12.1 Å². The lowest BCUT2D eigenvalue weighted by Gasteiger charge is -2.44. The Morgan fingerprint density at radius 3 is 2.26 bits per heavy atom. The zero-order valence-electron chi connectivity index (χ0n) is 26.3. The Morgan fingerprint density at radius 2 is 1.62 bits per heavy atom. The lowest BCUT2D eigenvalue weighted by atomic mass is 9.90. The fourth-order valence-electron chi connectivity index (χ4n) is 6.13. The molecular weight excluding hydrogens is 598 g/mol. The maximum atomic E-state index is 12.5. The number of aromatic nitrogens is 1. The maximum absolute atomic E-state index is 12.5. The lowest BCUT2D eigenvalue weighted by molar-refractivity contribution is -0.384. The van der Waals surface area contributed by atoms with Gasteiger partial charge in [-0.25, -0.2) is 0 Å². The van der Waals surface area contributed by atoms with Gasteiger partial charge in [0.25, 0.3) is 11.6 Å². The molecule has 4 atom stereocenters. The van der Waals surface area contributed by atoms with Crippen molar-refractivity contribution in [2.45, 2.75) is 38.6 Å². The van der Waals surface area contributed by atoms with Crippen LogP contribution in [-0.4, -0.2) is 64.6 Å². The van der Waals surface area contributed by atoms with Crippen LogP contribution in [0.2, 0.25) is 0 Å². The number of nitro groups is 1. The van der Waals surface area contributed by atoms with Gasteiger partial charge in [0, 0.05) is 81.0 Å². The van der Waals surface area contributed by atoms with Gasteiger partial charge in [-0.05, 0) is 41.0 Å². The Hall–Kier alpha value is -4.68. The number of rotatable bonds is 10. The van der Waals surface area contributed by atoms with Gasteiger partial charge in [-0.2, -0.15) is 0 Å². The fourth-order valence-corrected chi connectivity index (χ4v) is 6.13. The first-order valence-corrected chi connectivity index (χ1v) is 15.9. The van der Waals surface area contributed by atoms with Crippen LogP contribution in [0.5, 0.6) is 0 Å². The normalized spacial score (nSPS) is 21.7. The number of piperazine rings is 1. The van der Waals surface area contributed by atoms with E-state index in [0.717, 1.165) is 60.7 Å². The number of nitrogens with one attached hydrogen (secondary N) is 1. The molecule has 4 unspecified atom stereocenters. The van der Waals surface area contributed by atoms with Crippen LogP contribution in [0.3, 0.4) is 0 Å². The standard InChI is InChI=1S/C36H39N5O6/c1-25-33(23-39-17-19-40(20-18-39)31-12-14-32(15-13-31)41(44)45)46-36(47-34(25)28-8-6-27(24-42)7-9-28)29-10-4-26(5-11-29)21-38-35(43)30-3-2-16-37-22-30/h2-16,22,25,33-34,36,42H,17-21,23-24H2,1H3,(H,38,43). The minimum Gasteiger partial charge on any atom is -0.392 e. The van der Waals surface area contributed by atoms with E-state index in [2.05, 4.69) is 27.0 Å². The molecule has 11 nitrogen and oxygen atoms in total. The molecule has 2 aliphatic heterocycles. The van der Waals surface area contributed by atoms with E-state index >= 15 is 0 Å². The number of aliphatic hydroxyl groups excluding tert-OH is 1. The first kappa shape index (κ1) is 32.3. The van der Waals surface area contributed by atoms with E-state index in [9.17, 15) is 20.0 Å². The van der Waals surface area contributed by atoms with Crippen molar-refractivity contribution >= 4 is 17.3 Å². The number of carbonyl (C=O) groups excluding carboxylic acids is 1. The van der Waals surface area contributed by atoms with E-state index in [-0.39, 0.29) is 41.3 Å². The summed E-state index contributed by atoms with van der Waals surface area (Å²) >= 11 is 0. The third-order valence-electron chi connectivity index (χ3n) is 8.99. The number of anilines is 1. The van der Waals surface area contributed by atoms with Crippen molar-refractivity contribution in [3.05, 3.63) is 135 Å². The SMILES string of the molecule is CC1C(CN2CCN(c3ccc([N+](=O)[O-])cc3)CC2)OC(c2ccc(CNC(=O)c3cccnc3)cc2)OC1c1ccc(CO)cc1. The largest absolute Gasteiger partial charge is 0.392 e. The number of nitro benzene ring substituents is 1. The van der Waals surface area contributed by atoms with Gasteiger partial charge in [0.1, 0.15) is 0 Å². The third-order valence-corrected chi connectivity index (χ3v) is 8.99. The van der Waals surface area contributed by atoms with E-state index < -0.39 is 6.29 Å². The summed E-state index contributed by atoms with van der Waals surface area (Å²) in [6.45, 7) is 6.55. The second-order valence-electron chi connectivity index (χ2n) is 12.0. The van der Waals surface area contributed by atoms with E-state index in [1.165, 1.54) is 0 Å². The summed E-state index contributed by atoms with van der Waals surface area (Å²) in [6, 6.07) is 26.0. The molecule has 0 bridgehead atoms. The van der Waals surface area contributed by atoms with Crippen LogP contribution < -0.4 is 10.2 Å². The molecule has 3 heterocycles. The summed E-state index contributed by atoms with van der Waals surface area (Å²) < 4.78 is 13.3. The average molecular weight is 638 g/mol. The van der Waals surface area contributed by atoms with Gasteiger partial charge in [-0.3, -0.25) is 24.8 Å². The second kappa shape index (κ2) is 14.8. The second-order valence-corrected chi connectivity index (χ2v) is 12.0. The van der Waals surface area contributed by atoms with Crippen LogP contribution in [0.4, 0.5) is 11.4 Å². The molecule has 11 heteroatoms. The summed E-state index contributed by atoms with van der Waals surface area (Å²) in [4.78, 5) is 31.8. The highest BCUT2D eigenvalue weighted by Crippen LogP contribution is 2.42. The van der Waals surface area contributed by atoms with Crippen LogP contribution in [0, 0.1) is 16.0 Å². The minimum absolute atomic E-state index is 0.0173. The predicted molar refractivity (Wildman–Crippen MR) is 177 cm³/mol. The molecule has 2 N–H and O–H groups in total. The quantitative estimate of drug-likeness (QED) is 0.182. The zero-order valence-corrected chi connectivity index (χ0v) is 26.3. The smallest absolute Gasteiger partial charge is 0.269 e. The molecule has 2 fully saturated rings. The van der Waals surface area contributed by atoms with Crippen LogP contribution in [0.1, 0.15) is 51.9 Å². The Bertz CT molecular complexity index is 1630. The minimum atomic E-state index is -0.584. The molecule has 2 aliphatic rings. The van der Waals surface area contributed by atoms with Crippen molar-refractivity contribution in [1.29, 1.82) is 0 Å². The molecule has 0 spiro atoms. The Kier molecular flexibility index (Phi) is 10.2. The molecule has 0 saturated carbocycles.